The summed E-state index contributed by atoms with van der Waals surface area (Å²) < 4.78 is 6.17. The molecule has 1 saturated heterocycles. The lowest BCUT2D eigenvalue weighted by Crippen LogP contribution is -2.25. The number of hydrogen-bond acceptors (Lipinski definition) is 2. The monoisotopic (exact) mass is 198 g/mol. The maximum absolute atomic E-state index is 9.00. The molecule has 1 saturated carbocycles. The lowest BCUT2D eigenvalue weighted by molar-refractivity contribution is -0.0456. The van der Waals surface area contributed by atoms with E-state index in [-0.39, 0.29) is 5.60 Å². The Balaban J connectivity index is 1.82. The molecule has 0 aromatic carbocycles. The van der Waals surface area contributed by atoms with E-state index in [1.54, 1.807) is 0 Å². The molecule has 2 nitrogen and oxygen atoms in total. The smallest absolute Gasteiger partial charge is 0.0687 e. The van der Waals surface area contributed by atoms with Crippen LogP contribution in [-0.4, -0.2) is 23.4 Å². The highest BCUT2D eigenvalue weighted by Gasteiger charge is 2.42. The van der Waals surface area contributed by atoms with E-state index in [1.807, 2.05) is 0 Å². The van der Waals surface area contributed by atoms with E-state index in [0.717, 1.165) is 6.42 Å². The minimum atomic E-state index is 0.264. The largest absolute Gasteiger partial charge is 0.396 e. The van der Waals surface area contributed by atoms with Crippen molar-refractivity contribution in [3.63, 3.8) is 0 Å². The lowest BCUT2D eigenvalue weighted by atomic mass is 9.97. The van der Waals surface area contributed by atoms with Gasteiger partial charge < -0.3 is 9.84 Å². The highest BCUT2D eigenvalue weighted by molar-refractivity contribution is 4.92. The zero-order valence-corrected chi connectivity index (χ0v) is 9.17. The highest BCUT2D eigenvalue weighted by atomic mass is 16.5. The van der Waals surface area contributed by atoms with Gasteiger partial charge in [-0.1, -0.05) is 19.8 Å². The number of rotatable bonds is 3. The Labute approximate surface area is 86.6 Å². The Kier molecular flexibility index (Phi) is 3.13. The molecule has 2 heteroatoms. The average molecular weight is 198 g/mol. The van der Waals surface area contributed by atoms with Gasteiger partial charge in [-0.3, -0.25) is 0 Å². The summed E-state index contributed by atoms with van der Waals surface area (Å²) in [6.07, 6.45) is 9.19. The van der Waals surface area contributed by atoms with Crippen LogP contribution in [0.25, 0.3) is 0 Å². The van der Waals surface area contributed by atoms with Gasteiger partial charge >= 0.3 is 0 Å². The fourth-order valence-corrected chi connectivity index (χ4v) is 2.97. The fraction of sp³-hybridized carbons (Fsp3) is 1.00. The molecule has 1 aliphatic heterocycles. The highest BCUT2D eigenvalue weighted by Crippen LogP contribution is 2.44. The molecule has 2 aliphatic rings. The first-order valence-electron chi connectivity index (χ1n) is 6.03. The van der Waals surface area contributed by atoms with E-state index >= 15 is 0 Å². The minimum absolute atomic E-state index is 0.264. The Bertz CT molecular complexity index is 185. The Morgan fingerprint density at radius 2 is 2.07 bits per heavy atom. The van der Waals surface area contributed by atoms with Crippen LogP contribution >= 0.6 is 0 Å². The number of aliphatic hydroxyl groups excluding tert-OH is 1. The topological polar surface area (TPSA) is 29.5 Å². The maximum Gasteiger partial charge on any atom is 0.0687 e. The zero-order chi connectivity index (χ0) is 10.0. The summed E-state index contributed by atoms with van der Waals surface area (Å²) in [6.45, 7) is 2.40. The predicted molar refractivity (Wildman–Crippen MR) is 56.2 cm³/mol. The molecule has 0 radical (unpaired) electrons. The molecule has 2 unspecified atom stereocenters. The first-order valence-corrected chi connectivity index (χ1v) is 6.03. The Morgan fingerprint density at radius 1 is 1.36 bits per heavy atom. The van der Waals surface area contributed by atoms with Crippen LogP contribution in [0.15, 0.2) is 0 Å². The summed E-state index contributed by atoms with van der Waals surface area (Å²) in [7, 11) is 0. The van der Waals surface area contributed by atoms with Crippen LogP contribution < -0.4 is 0 Å². The third kappa shape index (κ3) is 2.12. The van der Waals surface area contributed by atoms with Gasteiger partial charge in [0.05, 0.1) is 11.7 Å². The van der Waals surface area contributed by atoms with Gasteiger partial charge in [0.2, 0.25) is 0 Å². The number of ether oxygens (including phenoxy) is 1. The first kappa shape index (κ1) is 10.4. The van der Waals surface area contributed by atoms with Crippen molar-refractivity contribution in [2.45, 2.75) is 63.6 Å². The second kappa shape index (κ2) is 4.19. The standard InChI is InChI=1S/C12H22O2/c1-10(9-13)8-11-4-7-12(14-11)5-2-3-6-12/h10-11,13H,2-9H2,1H3. The molecule has 0 aromatic rings. The second-order valence-electron chi connectivity index (χ2n) is 5.19. The molecule has 1 aliphatic carbocycles. The third-order valence-electron chi connectivity index (χ3n) is 3.83. The lowest BCUT2D eigenvalue weighted by Gasteiger charge is -2.24. The Hall–Kier alpha value is -0.0800. The molecule has 82 valence electrons. The summed E-state index contributed by atoms with van der Waals surface area (Å²) in [5.74, 6) is 0.400. The number of hydrogen-bond donors (Lipinski definition) is 1. The van der Waals surface area contributed by atoms with Crippen LogP contribution in [0.5, 0.6) is 0 Å². The van der Waals surface area contributed by atoms with Crippen LogP contribution in [-0.2, 0) is 4.74 Å². The van der Waals surface area contributed by atoms with Gasteiger partial charge in [0.15, 0.2) is 0 Å². The van der Waals surface area contributed by atoms with Gasteiger partial charge in [0, 0.05) is 6.61 Å². The fourth-order valence-electron chi connectivity index (χ4n) is 2.97. The van der Waals surface area contributed by atoms with E-state index in [0.29, 0.717) is 18.6 Å². The summed E-state index contributed by atoms with van der Waals surface area (Å²) in [4.78, 5) is 0. The molecular formula is C12H22O2. The molecule has 1 spiro atoms. The molecule has 0 bridgehead atoms. The normalized spacial score (nSPS) is 32.6. The molecule has 14 heavy (non-hydrogen) atoms. The van der Waals surface area contributed by atoms with Crippen LogP contribution in [0.2, 0.25) is 0 Å². The second-order valence-corrected chi connectivity index (χ2v) is 5.19. The van der Waals surface area contributed by atoms with Crippen molar-refractivity contribution in [1.82, 2.24) is 0 Å². The quantitative estimate of drug-likeness (QED) is 0.755. The van der Waals surface area contributed by atoms with Crippen LogP contribution in [0, 0.1) is 5.92 Å². The average Bonchev–Trinajstić information content (AvgIpc) is 2.78. The molecule has 0 aromatic heterocycles. The van der Waals surface area contributed by atoms with E-state index in [9.17, 15) is 0 Å². The van der Waals surface area contributed by atoms with E-state index in [2.05, 4.69) is 6.92 Å². The van der Waals surface area contributed by atoms with E-state index in [4.69, 9.17) is 9.84 Å². The maximum atomic E-state index is 9.00. The first-order chi connectivity index (χ1) is 6.74. The molecule has 2 atom stereocenters. The van der Waals surface area contributed by atoms with Crippen molar-refractivity contribution in [1.29, 1.82) is 0 Å². The van der Waals surface area contributed by atoms with Gasteiger partial charge in [-0.2, -0.15) is 0 Å². The SMILES string of the molecule is CC(CO)CC1CCC2(CCCC2)O1. The third-order valence-corrected chi connectivity index (χ3v) is 3.83. The summed E-state index contributed by atoms with van der Waals surface area (Å²) >= 11 is 0. The molecule has 2 rings (SSSR count). The summed E-state index contributed by atoms with van der Waals surface area (Å²) in [5.41, 5.74) is 0.264. The predicted octanol–water partition coefficient (Wildman–Crippen LogP) is 2.50. The van der Waals surface area contributed by atoms with Gasteiger partial charge in [-0.15, -0.1) is 0 Å². The van der Waals surface area contributed by atoms with E-state index in [1.165, 1.54) is 38.5 Å². The van der Waals surface area contributed by atoms with Crippen LogP contribution in [0.4, 0.5) is 0 Å². The van der Waals surface area contributed by atoms with Crippen molar-refractivity contribution in [2.24, 2.45) is 5.92 Å². The van der Waals surface area contributed by atoms with Crippen LogP contribution in [0.3, 0.4) is 0 Å². The zero-order valence-electron chi connectivity index (χ0n) is 9.17. The van der Waals surface area contributed by atoms with Gasteiger partial charge in [0.25, 0.3) is 0 Å². The molecule has 1 heterocycles. The summed E-state index contributed by atoms with van der Waals surface area (Å²) in [6, 6.07) is 0. The van der Waals surface area contributed by atoms with Crippen molar-refractivity contribution in [3.8, 4) is 0 Å². The van der Waals surface area contributed by atoms with Crippen molar-refractivity contribution in [3.05, 3.63) is 0 Å². The molecule has 1 N–H and O–H groups in total. The molecule has 2 fully saturated rings. The Morgan fingerprint density at radius 3 is 2.71 bits per heavy atom. The van der Waals surface area contributed by atoms with E-state index < -0.39 is 0 Å². The van der Waals surface area contributed by atoms with Crippen molar-refractivity contribution in [2.75, 3.05) is 6.61 Å². The van der Waals surface area contributed by atoms with Crippen molar-refractivity contribution < 1.29 is 9.84 Å². The van der Waals surface area contributed by atoms with Gasteiger partial charge in [-0.05, 0) is 38.0 Å². The van der Waals surface area contributed by atoms with Crippen molar-refractivity contribution >= 4 is 0 Å². The molecule has 0 amide bonds. The minimum Gasteiger partial charge on any atom is -0.396 e. The number of aliphatic hydroxyl groups is 1. The summed E-state index contributed by atoms with van der Waals surface area (Å²) in [5, 5.41) is 9.00. The van der Waals surface area contributed by atoms with Gasteiger partial charge in [0.1, 0.15) is 0 Å². The molecular weight excluding hydrogens is 176 g/mol. The van der Waals surface area contributed by atoms with Crippen LogP contribution in [0.1, 0.15) is 51.9 Å². The van der Waals surface area contributed by atoms with Gasteiger partial charge in [-0.25, -0.2) is 0 Å².